The molecule has 110 valence electrons. The third-order valence-electron chi connectivity index (χ3n) is 2.91. The second-order valence-electron chi connectivity index (χ2n) is 4.42. The molecule has 1 amide bonds. The first kappa shape index (κ1) is 15.2. The van der Waals surface area contributed by atoms with Crippen molar-refractivity contribution in [3.05, 3.63) is 57.0 Å². The molecule has 0 saturated carbocycles. The van der Waals surface area contributed by atoms with Crippen molar-refractivity contribution in [2.45, 2.75) is 13.5 Å². The molecule has 1 aromatic carbocycles. The van der Waals surface area contributed by atoms with Crippen LogP contribution in [-0.4, -0.2) is 19.0 Å². The molecule has 4 nitrogen and oxygen atoms in total. The van der Waals surface area contributed by atoms with Crippen LogP contribution in [0.4, 0.5) is 4.39 Å². The van der Waals surface area contributed by atoms with Gasteiger partial charge in [0.1, 0.15) is 10.7 Å². The lowest BCUT2D eigenvalue weighted by Crippen LogP contribution is -2.21. The Bertz CT molecular complexity index is 681. The summed E-state index contributed by atoms with van der Waals surface area (Å²) in [5, 5.41) is 2.68. The zero-order chi connectivity index (χ0) is 15.4. The smallest absolute Gasteiger partial charge is 0.348 e. The fourth-order valence-corrected chi connectivity index (χ4v) is 2.53. The van der Waals surface area contributed by atoms with E-state index in [1.54, 1.807) is 25.1 Å². The molecular formula is C15H14FNO3S. The fourth-order valence-electron chi connectivity index (χ4n) is 1.69. The first-order valence-electron chi connectivity index (χ1n) is 6.22. The number of rotatable bonds is 4. The molecule has 21 heavy (non-hydrogen) atoms. The fraction of sp³-hybridized carbons (Fsp3) is 0.200. The average molecular weight is 307 g/mol. The molecule has 0 spiro atoms. The van der Waals surface area contributed by atoms with Gasteiger partial charge >= 0.3 is 5.97 Å². The van der Waals surface area contributed by atoms with Gasteiger partial charge < -0.3 is 10.1 Å². The van der Waals surface area contributed by atoms with Gasteiger partial charge in [0, 0.05) is 6.54 Å². The third kappa shape index (κ3) is 3.66. The van der Waals surface area contributed by atoms with Crippen molar-refractivity contribution in [2.24, 2.45) is 0 Å². The molecule has 0 aliphatic rings. The summed E-state index contributed by atoms with van der Waals surface area (Å²) in [5.41, 5.74) is 1.24. The largest absolute Gasteiger partial charge is 0.465 e. The lowest BCUT2D eigenvalue weighted by Gasteiger charge is -2.05. The molecule has 2 aromatic rings. The van der Waals surface area contributed by atoms with Gasteiger partial charge in [0.15, 0.2) is 0 Å². The van der Waals surface area contributed by atoms with E-state index >= 15 is 0 Å². The molecule has 1 aromatic heterocycles. The van der Waals surface area contributed by atoms with Gasteiger partial charge in [-0.2, -0.15) is 0 Å². The van der Waals surface area contributed by atoms with Crippen LogP contribution >= 0.6 is 11.3 Å². The van der Waals surface area contributed by atoms with E-state index in [-0.39, 0.29) is 18.3 Å². The number of hydrogen-bond donors (Lipinski definition) is 1. The summed E-state index contributed by atoms with van der Waals surface area (Å²) >= 11 is 1.05. The van der Waals surface area contributed by atoms with Crippen LogP contribution in [0.5, 0.6) is 0 Å². The molecule has 1 heterocycles. The summed E-state index contributed by atoms with van der Waals surface area (Å²) < 4.78 is 18.0. The van der Waals surface area contributed by atoms with Crippen LogP contribution in [0.15, 0.2) is 30.3 Å². The van der Waals surface area contributed by atoms with Gasteiger partial charge in [-0.3, -0.25) is 4.79 Å². The Labute approximate surface area is 125 Å². The topological polar surface area (TPSA) is 55.4 Å². The SMILES string of the molecule is COC(=O)c1ccc(C(=O)NCc2ccc(C)c(F)c2)s1. The minimum atomic E-state index is -0.473. The average Bonchev–Trinajstić information content (AvgIpc) is 2.97. The monoisotopic (exact) mass is 307 g/mol. The molecule has 0 bridgehead atoms. The zero-order valence-corrected chi connectivity index (χ0v) is 12.4. The second kappa shape index (κ2) is 6.49. The van der Waals surface area contributed by atoms with Gasteiger partial charge in [0.05, 0.1) is 12.0 Å². The number of halogens is 1. The minimum Gasteiger partial charge on any atom is -0.465 e. The van der Waals surface area contributed by atoms with Gasteiger partial charge in [0.2, 0.25) is 0 Å². The van der Waals surface area contributed by atoms with Gasteiger partial charge in [-0.1, -0.05) is 12.1 Å². The van der Waals surface area contributed by atoms with Crippen LogP contribution in [0.3, 0.4) is 0 Å². The first-order chi connectivity index (χ1) is 10.0. The maximum absolute atomic E-state index is 13.4. The predicted octanol–water partition coefficient (Wildman–Crippen LogP) is 2.91. The van der Waals surface area contributed by atoms with Crippen molar-refractivity contribution < 1.29 is 18.7 Å². The van der Waals surface area contributed by atoms with E-state index in [1.165, 1.54) is 19.2 Å². The number of nitrogens with one attached hydrogen (secondary N) is 1. The van der Waals surface area contributed by atoms with Crippen molar-refractivity contribution in [3.63, 3.8) is 0 Å². The molecule has 1 N–H and O–H groups in total. The van der Waals surface area contributed by atoms with E-state index in [9.17, 15) is 14.0 Å². The molecule has 0 fully saturated rings. The first-order valence-corrected chi connectivity index (χ1v) is 7.04. The Morgan fingerprint density at radius 1 is 1.24 bits per heavy atom. The van der Waals surface area contributed by atoms with Gasteiger partial charge in [-0.25, -0.2) is 9.18 Å². The maximum atomic E-state index is 13.4. The summed E-state index contributed by atoms with van der Waals surface area (Å²) in [5.74, 6) is -1.08. The summed E-state index contributed by atoms with van der Waals surface area (Å²) in [6.07, 6.45) is 0. The Hall–Kier alpha value is -2.21. The standard InChI is InChI=1S/C15H14FNO3S/c1-9-3-4-10(7-11(9)16)8-17-14(18)12-5-6-13(21-12)15(19)20-2/h3-7H,8H2,1-2H3,(H,17,18). The van der Waals surface area contributed by atoms with Crippen LogP contribution in [-0.2, 0) is 11.3 Å². The lowest BCUT2D eigenvalue weighted by atomic mass is 10.1. The number of hydrogen-bond acceptors (Lipinski definition) is 4. The molecular weight excluding hydrogens is 293 g/mol. The molecule has 0 unspecified atom stereocenters. The number of carbonyl (C=O) groups excluding carboxylic acids is 2. The summed E-state index contributed by atoms with van der Waals surface area (Å²) in [6.45, 7) is 1.90. The number of aryl methyl sites for hydroxylation is 1. The number of carbonyl (C=O) groups is 2. The van der Waals surface area contributed by atoms with Crippen LogP contribution in [0.2, 0.25) is 0 Å². The number of methoxy groups -OCH3 is 1. The molecule has 0 aliphatic heterocycles. The van der Waals surface area contributed by atoms with E-state index < -0.39 is 5.97 Å². The molecule has 0 atom stereocenters. The zero-order valence-electron chi connectivity index (χ0n) is 11.6. The number of amides is 1. The van der Waals surface area contributed by atoms with E-state index in [1.807, 2.05) is 0 Å². The molecule has 0 radical (unpaired) electrons. The second-order valence-corrected chi connectivity index (χ2v) is 5.51. The van der Waals surface area contributed by atoms with Gasteiger partial charge in [0.25, 0.3) is 5.91 Å². The van der Waals surface area contributed by atoms with Crippen molar-refractivity contribution >= 4 is 23.2 Å². The van der Waals surface area contributed by atoms with E-state index in [0.29, 0.717) is 20.9 Å². The molecule has 0 aliphatic carbocycles. The van der Waals surface area contributed by atoms with Crippen LogP contribution in [0.1, 0.15) is 30.5 Å². The molecule has 6 heteroatoms. The Morgan fingerprint density at radius 3 is 2.62 bits per heavy atom. The van der Waals surface area contributed by atoms with Crippen molar-refractivity contribution in [3.8, 4) is 0 Å². The summed E-state index contributed by atoms with van der Waals surface area (Å²) in [4.78, 5) is 24.0. The van der Waals surface area contributed by atoms with Crippen LogP contribution < -0.4 is 5.32 Å². The molecule has 2 rings (SSSR count). The Balaban J connectivity index is 1.99. The van der Waals surface area contributed by atoms with E-state index in [2.05, 4.69) is 10.1 Å². The highest BCUT2D eigenvalue weighted by atomic mass is 32.1. The number of thiophene rings is 1. The maximum Gasteiger partial charge on any atom is 0.348 e. The van der Waals surface area contributed by atoms with Gasteiger partial charge in [-0.15, -0.1) is 11.3 Å². The lowest BCUT2D eigenvalue weighted by molar-refractivity contribution is 0.0606. The van der Waals surface area contributed by atoms with E-state index in [0.717, 1.165) is 11.3 Å². The summed E-state index contributed by atoms with van der Waals surface area (Å²) in [6, 6.07) is 7.91. The Kier molecular flexibility index (Phi) is 4.70. The highest BCUT2D eigenvalue weighted by Gasteiger charge is 2.13. The quantitative estimate of drug-likeness (QED) is 0.884. The van der Waals surface area contributed by atoms with Crippen molar-refractivity contribution in [2.75, 3.05) is 7.11 Å². The minimum absolute atomic E-state index is 0.224. The van der Waals surface area contributed by atoms with Crippen LogP contribution in [0, 0.1) is 12.7 Å². The normalized spacial score (nSPS) is 10.2. The summed E-state index contributed by atoms with van der Waals surface area (Å²) in [7, 11) is 1.29. The van der Waals surface area contributed by atoms with Gasteiger partial charge in [-0.05, 0) is 36.2 Å². The molecule has 0 saturated heterocycles. The predicted molar refractivity (Wildman–Crippen MR) is 78.0 cm³/mol. The third-order valence-corrected chi connectivity index (χ3v) is 3.97. The van der Waals surface area contributed by atoms with E-state index in [4.69, 9.17) is 0 Å². The Morgan fingerprint density at radius 2 is 1.95 bits per heavy atom. The van der Waals surface area contributed by atoms with Crippen molar-refractivity contribution in [1.82, 2.24) is 5.32 Å². The highest BCUT2D eigenvalue weighted by molar-refractivity contribution is 7.15. The highest BCUT2D eigenvalue weighted by Crippen LogP contribution is 2.17. The number of benzene rings is 1. The number of ether oxygens (including phenoxy) is 1. The van der Waals surface area contributed by atoms with Crippen LogP contribution in [0.25, 0.3) is 0 Å². The number of esters is 1. The van der Waals surface area contributed by atoms with Crippen molar-refractivity contribution in [1.29, 1.82) is 0 Å².